The molecule has 1 heterocycles. The lowest BCUT2D eigenvalue weighted by molar-refractivity contribution is 0.301. The molecule has 2 nitrogen and oxygen atoms in total. The average Bonchev–Trinajstić information content (AvgIpc) is 2.87. The van der Waals surface area contributed by atoms with Gasteiger partial charge in [0.05, 0.1) is 11.5 Å². The summed E-state index contributed by atoms with van der Waals surface area (Å²) in [6.07, 6.45) is 6.20. The van der Waals surface area contributed by atoms with Crippen LogP contribution in [0, 0.1) is 12.8 Å². The first kappa shape index (κ1) is 17.8. The third-order valence-electron chi connectivity index (χ3n) is 4.26. The van der Waals surface area contributed by atoms with E-state index in [-0.39, 0.29) is 12.0 Å². The van der Waals surface area contributed by atoms with Gasteiger partial charge in [0, 0.05) is 34.1 Å². The molecule has 1 aromatic heterocycles. The smallest absolute Gasteiger partial charge is 0.0793 e. The number of benzene rings is 1. The quantitative estimate of drug-likeness (QED) is 0.502. The van der Waals surface area contributed by atoms with Gasteiger partial charge in [0.2, 0.25) is 0 Å². The minimum Gasteiger partial charge on any atom is -0.360 e. The fourth-order valence-electron chi connectivity index (χ4n) is 3.07. The van der Waals surface area contributed by atoms with E-state index in [2.05, 4.69) is 42.5 Å². The summed E-state index contributed by atoms with van der Waals surface area (Å²) in [4.78, 5) is 5.73. The molecule has 2 atom stereocenters. The van der Waals surface area contributed by atoms with Crippen LogP contribution in [-0.4, -0.2) is 21.9 Å². The van der Waals surface area contributed by atoms with E-state index < -0.39 is 0 Å². The molecule has 0 aliphatic rings. The Balaban J connectivity index is 2.65. The highest BCUT2D eigenvalue weighted by molar-refractivity contribution is 7.78. The summed E-state index contributed by atoms with van der Waals surface area (Å²) in [7, 11) is 0. The standard InChI is InChI=1S/C19H23ClN2S/c1-5-8-14(6-2)19(22(7-3)12-23)18-13(4)16-11-15(20)9-10-17(16)21-18/h5-6,8-12,14,19,21H,2,7H2,1,3-4H3/b8-5-. The van der Waals surface area contributed by atoms with Crippen LogP contribution in [0.3, 0.4) is 0 Å². The van der Waals surface area contributed by atoms with E-state index >= 15 is 0 Å². The number of nitrogens with zero attached hydrogens (tertiary/aromatic N) is 1. The maximum absolute atomic E-state index is 6.16. The Labute approximate surface area is 148 Å². The molecule has 2 aromatic rings. The lowest BCUT2D eigenvalue weighted by Crippen LogP contribution is -2.31. The highest BCUT2D eigenvalue weighted by atomic mass is 35.5. The molecule has 0 spiro atoms. The van der Waals surface area contributed by atoms with E-state index in [1.54, 1.807) is 5.49 Å². The summed E-state index contributed by atoms with van der Waals surface area (Å²) < 4.78 is 0. The van der Waals surface area contributed by atoms with E-state index in [9.17, 15) is 0 Å². The van der Waals surface area contributed by atoms with E-state index in [1.165, 1.54) is 5.56 Å². The van der Waals surface area contributed by atoms with E-state index in [4.69, 9.17) is 23.8 Å². The molecular weight excluding hydrogens is 324 g/mol. The topological polar surface area (TPSA) is 19.0 Å². The molecule has 0 aliphatic heterocycles. The van der Waals surface area contributed by atoms with Crippen LogP contribution in [0.4, 0.5) is 0 Å². The van der Waals surface area contributed by atoms with Gasteiger partial charge in [-0.1, -0.05) is 42.0 Å². The minimum atomic E-state index is 0.0948. The number of nitrogens with one attached hydrogen (secondary N) is 1. The molecule has 1 N–H and O–H groups in total. The lowest BCUT2D eigenvalue weighted by Gasteiger charge is -2.32. The van der Waals surface area contributed by atoms with Gasteiger partial charge in [0.25, 0.3) is 0 Å². The number of aromatic amines is 1. The molecule has 0 amide bonds. The second-order valence-electron chi connectivity index (χ2n) is 5.57. The zero-order chi connectivity index (χ0) is 17.0. The zero-order valence-corrected chi connectivity index (χ0v) is 15.4. The molecule has 4 heteroatoms. The number of hydrogen-bond donors (Lipinski definition) is 1. The first-order chi connectivity index (χ1) is 11.1. The van der Waals surface area contributed by atoms with Crippen molar-refractivity contribution in [3.05, 3.63) is 59.3 Å². The number of thiocarbonyl (C=S) groups is 1. The molecule has 0 fully saturated rings. The van der Waals surface area contributed by atoms with Gasteiger partial charge in [-0.15, -0.1) is 6.58 Å². The van der Waals surface area contributed by atoms with Gasteiger partial charge >= 0.3 is 0 Å². The van der Waals surface area contributed by atoms with Crippen molar-refractivity contribution >= 4 is 40.2 Å². The first-order valence-electron chi connectivity index (χ1n) is 7.81. The molecule has 0 saturated carbocycles. The average molecular weight is 347 g/mol. The summed E-state index contributed by atoms with van der Waals surface area (Å²) in [5.41, 5.74) is 5.20. The number of rotatable bonds is 7. The zero-order valence-electron chi connectivity index (χ0n) is 13.8. The number of halogens is 1. The predicted molar refractivity (Wildman–Crippen MR) is 105 cm³/mol. The fourth-order valence-corrected chi connectivity index (χ4v) is 3.52. The molecule has 2 rings (SSSR count). The van der Waals surface area contributed by atoms with Crippen molar-refractivity contribution in [1.29, 1.82) is 0 Å². The molecule has 1 aromatic carbocycles. The fraction of sp³-hybridized carbons (Fsp3) is 0.316. The third kappa shape index (κ3) is 3.51. The number of aryl methyl sites for hydroxylation is 1. The lowest BCUT2D eigenvalue weighted by atomic mass is 9.92. The van der Waals surface area contributed by atoms with Crippen LogP contribution in [0.5, 0.6) is 0 Å². The van der Waals surface area contributed by atoms with Gasteiger partial charge < -0.3 is 9.88 Å². The number of H-pyrrole nitrogens is 1. The molecular formula is C19H23ClN2S. The number of fused-ring (bicyclic) bond motifs is 1. The van der Waals surface area contributed by atoms with Crippen LogP contribution in [0.15, 0.2) is 43.0 Å². The van der Waals surface area contributed by atoms with Crippen molar-refractivity contribution in [2.24, 2.45) is 5.92 Å². The predicted octanol–water partition coefficient (Wildman–Crippen LogP) is 5.83. The molecule has 0 bridgehead atoms. The van der Waals surface area contributed by atoms with Crippen LogP contribution in [0.1, 0.15) is 31.1 Å². The largest absolute Gasteiger partial charge is 0.360 e. The summed E-state index contributed by atoms with van der Waals surface area (Å²) >= 11 is 11.4. The van der Waals surface area contributed by atoms with Crippen LogP contribution < -0.4 is 0 Å². The van der Waals surface area contributed by atoms with Crippen molar-refractivity contribution in [1.82, 2.24) is 9.88 Å². The Hall–Kier alpha value is -1.58. The summed E-state index contributed by atoms with van der Waals surface area (Å²) in [5, 5.41) is 1.90. The minimum absolute atomic E-state index is 0.0948. The molecule has 0 saturated heterocycles. The Morgan fingerprint density at radius 2 is 2.17 bits per heavy atom. The van der Waals surface area contributed by atoms with E-state index in [0.29, 0.717) is 0 Å². The monoisotopic (exact) mass is 346 g/mol. The Kier molecular flexibility index (Phi) is 6.03. The third-order valence-corrected chi connectivity index (χ3v) is 4.77. The van der Waals surface area contributed by atoms with Crippen LogP contribution in [0.2, 0.25) is 5.02 Å². The van der Waals surface area contributed by atoms with Crippen LogP contribution in [0.25, 0.3) is 10.9 Å². The normalized spacial score (nSPS) is 14.1. The molecule has 122 valence electrons. The van der Waals surface area contributed by atoms with Crippen LogP contribution >= 0.6 is 23.8 Å². The second kappa shape index (κ2) is 7.80. The highest BCUT2D eigenvalue weighted by Gasteiger charge is 2.27. The van der Waals surface area contributed by atoms with Gasteiger partial charge in [0.15, 0.2) is 0 Å². The van der Waals surface area contributed by atoms with Crippen molar-refractivity contribution in [2.75, 3.05) is 6.54 Å². The van der Waals surface area contributed by atoms with Crippen LogP contribution in [-0.2, 0) is 0 Å². The van der Waals surface area contributed by atoms with E-state index in [0.717, 1.165) is 28.2 Å². The Morgan fingerprint density at radius 3 is 2.74 bits per heavy atom. The summed E-state index contributed by atoms with van der Waals surface area (Å²) in [6.45, 7) is 11.1. The first-order valence-corrected chi connectivity index (χ1v) is 8.66. The van der Waals surface area contributed by atoms with Crippen molar-refractivity contribution in [3.8, 4) is 0 Å². The van der Waals surface area contributed by atoms with Crippen molar-refractivity contribution in [3.63, 3.8) is 0 Å². The molecule has 2 unspecified atom stereocenters. The number of aromatic nitrogens is 1. The SMILES string of the molecule is C=CC(/C=C\C)C(c1[nH]c2ccc(Cl)cc2c1C)N(C=S)CC. The van der Waals surface area contributed by atoms with E-state index in [1.807, 2.05) is 31.2 Å². The summed E-state index contributed by atoms with van der Waals surface area (Å²) in [6, 6.07) is 6.04. The number of hydrogen-bond acceptors (Lipinski definition) is 1. The highest BCUT2D eigenvalue weighted by Crippen LogP contribution is 2.35. The Bertz CT molecular complexity index is 732. The molecule has 0 radical (unpaired) electrons. The van der Waals surface area contributed by atoms with Gasteiger partial charge in [-0.3, -0.25) is 0 Å². The van der Waals surface area contributed by atoms with Gasteiger partial charge in [0.1, 0.15) is 0 Å². The second-order valence-corrected chi connectivity index (χ2v) is 6.22. The maximum atomic E-state index is 6.16. The van der Waals surface area contributed by atoms with Crippen molar-refractivity contribution in [2.45, 2.75) is 26.8 Å². The van der Waals surface area contributed by atoms with Crippen molar-refractivity contribution < 1.29 is 0 Å². The maximum Gasteiger partial charge on any atom is 0.0793 e. The summed E-state index contributed by atoms with van der Waals surface area (Å²) in [5.74, 6) is 0.168. The number of allylic oxidation sites excluding steroid dienone is 1. The van der Waals surface area contributed by atoms with Gasteiger partial charge in [-0.2, -0.15) is 0 Å². The Morgan fingerprint density at radius 1 is 1.43 bits per heavy atom. The molecule has 0 aliphatic carbocycles. The van der Waals surface area contributed by atoms with Gasteiger partial charge in [-0.25, -0.2) is 0 Å². The van der Waals surface area contributed by atoms with Gasteiger partial charge in [-0.05, 0) is 44.5 Å². The molecule has 23 heavy (non-hydrogen) atoms.